The second kappa shape index (κ2) is 9.97. The predicted octanol–water partition coefficient (Wildman–Crippen LogP) is 6.35. The fourth-order valence-electron chi connectivity index (χ4n) is 3.92. The number of halogens is 3. The normalized spacial score (nSPS) is 11.4. The molecule has 5 aromatic rings. The monoisotopic (exact) mass is 533 g/mol. The first-order valence-electron chi connectivity index (χ1n) is 11.6. The van der Waals surface area contributed by atoms with Gasteiger partial charge < -0.3 is 24.9 Å². The molecule has 5 rings (SSSR count). The van der Waals surface area contributed by atoms with Crippen molar-refractivity contribution < 1.29 is 22.7 Å². The molecule has 0 saturated heterocycles. The number of rotatable bonds is 7. The van der Waals surface area contributed by atoms with Gasteiger partial charge in [0.2, 0.25) is 11.9 Å². The van der Waals surface area contributed by atoms with Crippen LogP contribution < -0.4 is 15.4 Å². The number of imidazole rings is 2. The Morgan fingerprint density at radius 3 is 2.62 bits per heavy atom. The molecule has 0 saturated carbocycles. The molecule has 1 amide bonds. The third-order valence-electron chi connectivity index (χ3n) is 5.79. The van der Waals surface area contributed by atoms with Crippen molar-refractivity contribution >= 4 is 34.3 Å². The number of amides is 1. The summed E-state index contributed by atoms with van der Waals surface area (Å²) in [7, 11) is 1.77. The molecule has 12 heteroatoms. The Morgan fingerprint density at radius 1 is 1.10 bits per heavy atom. The van der Waals surface area contributed by atoms with Crippen LogP contribution in [-0.4, -0.2) is 30.4 Å². The van der Waals surface area contributed by atoms with E-state index in [1.807, 2.05) is 13.0 Å². The second-order valence-electron chi connectivity index (χ2n) is 8.62. The van der Waals surface area contributed by atoms with E-state index in [4.69, 9.17) is 4.74 Å². The van der Waals surface area contributed by atoms with Gasteiger partial charge >= 0.3 is 6.18 Å². The molecule has 9 nitrogen and oxygen atoms in total. The topological polar surface area (TPSA) is 110 Å². The van der Waals surface area contributed by atoms with Gasteiger partial charge in [-0.3, -0.25) is 9.78 Å². The van der Waals surface area contributed by atoms with Crippen LogP contribution in [0.5, 0.6) is 11.5 Å². The highest BCUT2D eigenvalue weighted by molar-refractivity contribution is 6.00. The number of fused-ring (bicyclic) bond motifs is 1. The van der Waals surface area contributed by atoms with Gasteiger partial charge in [0.15, 0.2) is 5.82 Å². The summed E-state index contributed by atoms with van der Waals surface area (Å²) in [4.78, 5) is 28.0. The Kier molecular flexibility index (Phi) is 6.52. The van der Waals surface area contributed by atoms with Crippen molar-refractivity contribution in [2.24, 2.45) is 7.05 Å². The minimum Gasteiger partial charge on any atom is -0.457 e. The summed E-state index contributed by atoms with van der Waals surface area (Å²) in [6.45, 7) is 5.19. The fraction of sp³-hybridized carbons (Fsp3) is 0.111. The average Bonchev–Trinajstić information content (AvgIpc) is 3.46. The molecule has 0 radical (unpaired) electrons. The van der Waals surface area contributed by atoms with Gasteiger partial charge in [-0.05, 0) is 49.4 Å². The van der Waals surface area contributed by atoms with E-state index in [1.54, 1.807) is 48.3 Å². The summed E-state index contributed by atoms with van der Waals surface area (Å²) in [6.07, 6.45) is -0.410. The summed E-state index contributed by atoms with van der Waals surface area (Å²) < 4.78 is 48.1. The zero-order valence-electron chi connectivity index (χ0n) is 20.8. The molecule has 0 aliphatic heterocycles. The number of nitrogens with one attached hydrogen (secondary N) is 3. The van der Waals surface area contributed by atoms with Crippen LogP contribution in [0, 0.1) is 6.92 Å². The largest absolute Gasteiger partial charge is 0.457 e. The Labute approximate surface area is 220 Å². The first-order valence-corrected chi connectivity index (χ1v) is 11.6. The van der Waals surface area contributed by atoms with E-state index in [-0.39, 0.29) is 0 Å². The molecule has 3 heterocycles. The second-order valence-corrected chi connectivity index (χ2v) is 8.62. The lowest BCUT2D eigenvalue weighted by Crippen LogP contribution is -2.15. The standard InChI is InChI=1S/C27H22F3N7O2/c1-4-24(38)35-20-11-16(5-7-19(20)27(28,29)30)34-26-36-21-12-17(6-8-23(21)37(26)3)39-18-9-10-31-22(13-18)25-32-14-15(2)33-25/h4-14H,1H2,2-3H3,(H,32,33)(H,34,36)(H,35,38). The Balaban J connectivity index is 1.40. The molecule has 0 atom stereocenters. The highest BCUT2D eigenvalue weighted by Crippen LogP contribution is 2.37. The number of hydrogen-bond donors (Lipinski definition) is 3. The first-order chi connectivity index (χ1) is 18.6. The zero-order chi connectivity index (χ0) is 27.7. The molecule has 3 aromatic heterocycles. The van der Waals surface area contributed by atoms with E-state index in [0.29, 0.717) is 40.2 Å². The molecule has 0 aliphatic rings. The number of hydrogen-bond acceptors (Lipinski definition) is 6. The Morgan fingerprint density at radius 2 is 1.90 bits per heavy atom. The van der Waals surface area contributed by atoms with Crippen molar-refractivity contribution in [3.8, 4) is 23.0 Å². The van der Waals surface area contributed by atoms with Crippen LogP contribution in [0.1, 0.15) is 11.3 Å². The Hall–Kier alpha value is -5.13. The van der Waals surface area contributed by atoms with Crippen molar-refractivity contribution in [3.05, 3.63) is 84.8 Å². The number of pyridine rings is 1. The third kappa shape index (κ3) is 5.44. The van der Waals surface area contributed by atoms with Crippen molar-refractivity contribution in [2.75, 3.05) is 10.6 Å². The molecule has 198 valence electrons. The third-order valence-corrected chi connectivity index (χ3v) is 5.79. The van der Waals surface area contributed by atoms with Gasteiger partial charge in [-0.2, -0.15) is 13.2 Å². The molecular weight excluding hydrogens is 511 g/mol. The highest BCUT2D eigenvalue weighted by atomic mass is 19.4. The van der Waals surface area contributed by atoms with Crippen LogP contribution >= 0.6 is 0 Å². The number of benzene rings is 2. The number of carbonyl (C=O) groups excluding carboxylic acids is 1. The van der Waals surface area contributed by atoms with E-state index >= 15 is 0 Å². The number of aryl methyl sites for hydroxylation is 2. The quantitative estimate of drug-likeness (QED) is 0.211. The van der Waals surface area contributed by atoms with Crippen LogP contribution in [0.15, 0.2) is 73.6 Å². The molecular formula is C27H22F3N7O2. The molecule has 39 heavy (non-hydrogen) atoms. The molecule has 0 fully saturated rings. The van der Waals surface area contributed by atoms with Gasteiger partial charge in [0.05, 0.1) is 22.3 Å². The molecule has 2 aromatic carbocycles. The summed E-state index contributed by atoms with van der Waals surface area (Å²) in [6, 6.07) is 12.2. The minimum atomic E-state index is -4.65. The lowest BCUT2D eigenvalue weighted by atomic mass is 10.1. The SMILES string of the molecule is C=CC(=O)Nc1cc(Nc2nc3cc(Oc4ccnc(-c5ncc(C)[nH]5)c4)ccc3n2C)ccc1C(F)(F)F. The summed E-state index contributed by atoms with van der Waals surface area (Å²) >= 11 is 0. The van der Waals surface area contributed by atoms with E-state index in [0.717, 1.165) is 23.4 Å². The van der Waals surface area contributed by atoms with Crippen molar-refractivity contribution in [1.82, 2.24) is 24.5 Å². The molecule has 0 spiro atoms. The minimum absolute atomic E-state index is 0.301. The number of ether oxygens (including phenoxy) is 1. The summed E-state index contributed by atoms with van der Waals surface area (Å²) in [5.74, 6) is 1.34. The number of anilines is 3. The first kappa shape index (κ1) is 25.5. The van der Waals surface area contributed by atoms with E-state index in [9.17, 15) is 18.0 Å². The maximum Gasteiger partial charge on any atom is 0.418 e. The number of H-pyrrole nitrogens is 1. The van der Waals surface area contributed by atoms with Crippen molar-refractivity contribution in [2.45, 2.75) is 13.1 Å². The summed E-state index contributed by atoms with van der Waals surface area (Å²) in [5.41, 5.74) is 1.84. The average molecular weight is 534 g/mol. The molecule has 0 aliphatic carbocycles. The Bertz CT molecular complexity index is 1710. The molecule has 0 unspecified atom stereocenters. The predicted molar refractivity (Wildman–Crippen MR) is 141 cm³/mol. The van der Waals surface area contributed by atoms with Gasteiger partial charge in [-0.25, -0.2) is 9.97 Å². The number of nitrogens with zero attached hydrogens (tertiary/aromatic N) is 4. The van der Waals surface area contributed by atoms with Gasteiger partial charge in [0.1, 0.15) is 17.2 Å². The number of carbonyl (C=O) groups is 1. The number of aromatic amines is 1. The van der Waals surface area contributed by atoms with Crippen LogP contribution in [-0.2, 0) is 18.0 Å². The van der Waals surface area contributed by atoms with E-state index < -0.39 is 23.3 Å². The molecule has 3 N–H and O–H groups in total. The fourth-order valence-corrected chi connectivity index (χ4v) is 3.92. The maximum atomic E-state index is 13.4. The van der Waals surface area contributed by atoms with Crippen LogP contribution in [0.2, 0.25) is 0 Å². The lowest BCUT2D eigenvalue weighted by molar-refractivity contribution is -0.136. The van der Waals surface area contributed by atoms with Crippen molar-refractivity contribution in [1.29, 1.82) is 0 Å². The highest BCUT2D eigenvalue weighted by Gasteiger charge is 2.34. The maximum absolute atomic E-state index is 13.4. The molecule has 0 bridgehead atoms. The smallest absolute Gasteiger partial charge is 0.418 e. The van der Waals surface area contributed by atoms with E-state index in [1.165, 1.54) is 12.1 Å². The van der Waals surface area contributed by atoms with Crippen LogP contribution in [0.3, 0.4) is 0 Å². The van der Waals surface area contributed by atoms with Gasteiger partial charge in [0.25, 0.3) is 0 Å². The lowest BCUT2D eigenvalue weighted by Gasteiger charge is -2.15. The van der Waals surface area contributed by atoms with Crippen molar-refractivity contribution in [3.63, 3.8) is 0 Å². The van der Waals surface area contributed by atoms with E-state index in [2.05, 4.69) is 37.1 Å². The number of alkyl halides is 3. The van der Waals surface area contributed by atoms with Gasteiger partial charge in [-0.1, -0.05) is 6.58 Å². The number of aromatic nitrogens is 5. The summed E-state index contributed by atoms with van der Waals surface area (Å²) in [5, 5.41) is 5.23. The van der Waals surface area contributed by atoms with Gasteiger partial charge in [-0.15, -0.1) is 0 Å². The van der Waals surface area contributed by atoms with Crippen LogP contribution in [0.4, 0.5) is 30.5 Å². The van der Waals surface area contributed by atoms with Crippen LogP contribution in [0.25, 0.3) is 22.6 Å². The van der Waals surface area contributed by atoms with Gasteiger partial charge in [0, 0.05) is 43.0 Å². The zero-order valence-corrected chi connectivity index (χ0v) is 20.8.